The molecule has 2 nitrogen and oxygen atoms in total. The molecule has 0 spiro atoms. The van der Waals surface area contributed by atoms with E-state index in [1.54, 1.807) is 0 Å². The number of carbonyl (C=O) groups excluding carboxylic acids is 1. The Morgan fingerprint density at radius 1 is 0.800 bits per heavy atom. The van der Waals surface area contributed by atoms with Crippen molar-refractivity contribution < 1.29 is 9.53 Å². The van der Waals surface area contributed by atoms with E-state index >= 15 is 0 Å². The molecule has 0 fully saturated rings. The molecule has 2 heteroatoms. The first kappa shape index (κ1) is 19.2. The Kier molecular flexibility index (Phi) is 6.05. The van der Waals surface area contributed by atoms with Crippen molar-refractivity contribution in [2.24, 2.45) is 0 Å². The molecule has 0 atom stereocenters. The lowest BCUT2D eigenvalue weighted by Gasteiger charge is -2.23. The normalized spacial score (nSPS) is 11.4. The molecule has 2 rings (SSSR count). The van der Waals surface area contributed by atoms with Crippen LogP contribution in [0.15, 0.2) is 36.4 Å². The minimum Gasteiger partial charge on any atom is -0.465 e. The maximum atomic E-state index is 11.7. The fourth-order valence-corrected chi connectivity index (χ4v) is 3.18. The maximum Gasteiger partial charge on any atom is 0.337 e. The van der Waals surface area contributed by atoms with Crippen LogP contribution in [0.4, 0.5) is 0 Å². The Hall–Kier alpha value is -2.09. The summed E-state index contributed by atoms with van der Waals surface area (Å²) in [6.07, 6.45) is 0. The van der Waals surface area contributed by atoms with Crippen molar-refractivity contribution in [2.45, 2.75) is 59.3 Å². The molecule has 25 heavy (non-hydrogen) atoms. The lowest BCUT2D eigenvalue weighted by atomic mass is 9.81. The topological polar surface area (TPSA) is 26.3 Å². The lowest BCUT2D eigenvalue weighted by molar-refractivity contribution is 0.0601. The largest absolute Gasteiger partial charge is 0.465 e. The number of carbonyl (C=O) groups is 1. The van der Waals surface area contributed by atoms with Gasteiger partial charge in [0.05, 0.1) is 12.7 Å². The summed E-state index contributed by atoms with van der Waals surface area (Å²) in [5.74, 6) is 1.08. The van der Waals surface area contributed by atoms with Crippen molar-refractivity contribution in [3.63, 3.8) is 0 Å². The molecule has 0 amide bonds. The van der Waals surface area contributed by atoms with Gasteiger partial charge in [-0.05, 0) is 57.7 Å². The highest BCUT2D eigenvalue weighted by Gasteiger charge is 2.18. The average molecular weight is 338 g/mol. The number of ether oxygens (including phenoxy) is 1. The molecule has 0 N–H and O–H groups in total. The van der Waals surface area contributed by atoms with Gasteiger partial charge in [-0.1, -0.05) is 65.8 Å². The van der Waals surface area contributed by atoms with Crippen LogP contribution in [0.3, 0.4) is 0 Å². The van der Waals surface area contributed by atoms with Gasteiger partial charge in [-0.25, -0.2) is 4.79 Å². The molecule has 0 unspecified atom stereocenters. The van der Waals surface area contributed by atoms with E-state index in [1.807, 2.05) is 24.3 Å². The molecule has 0 saturated carbocycles. The Morgan fingerprint density at radius 2 is 1.28 bits per heavy atom. The first-order valence-electron chi connectivity index (χ1n) is 9.12. The van der Waals surface area contributed by atoms with E-state index in [2.05, 4.69) is 53.7 Å². The van der Waals surface area contributed by atoms with E-state index < -0.39 is 0 Å². The minimum absolute atomic E-state index is 0.296. The van der Waals surface area contributed by atoms with Crippen molar-refractivity contribution in [2.75, 3.05) is 7.11 Å². The maximum absolute atomic E-state index is 11.7. The smallest absolute Gasteiger partial charge is 0.337 e. The number of benzene rings is 2. The number of methoxy groups -OCH3 is 1. The average Bonchev–Trinajstić information content (AvgIpc) is 2.59. The Labute approximate surface area is 152 Å². The first-order valence-corrected chi connectivity index (χ1v) is 9.12. The molecule has 0 bridgehead atoms. The van der Waals surface area contributed by atoms with Crippen LogP contribution in [-0.4, -0.2) is 13.1 Å². The second-order valence-electron chi connectivity index (χ2n) is 7.61. The summed E-state index contributed by atoms with van der Waals surface area (Å²) in [6, 6.07) is 12.5. The molecule has 2 aromatic rings. The predicted octanol–water partition coefficient (Wildman–Crippen LogP) is 6.51. The Morgan fingerprint density at radius 3 is 1.64 bits per heavy atom. The van der Waals surface area contributed by atoms with Crippen molar-refractivity contribution in [1.29, 1.82) is 0 Å². The summed E-state index contributed by atoms with van der Waals surface area (Å²) < 4.78 is 4.81. The van der Waals surface area contributed by atoms with E-state index in [1.165, 1.54) is 29.4 Å². The van der Waals surface area contributed by atoms with Crippen LogP contribution in [0.5, 0.6) is 0 Å². The zero-order chi connectivity index (χ0) is 18.7. The van der Waals surface area contributed by atoms with Crippen LogP contribution in [0.2, 0.25) is 0 Å². The van der Waals surface area contributed by atoms with Gasteiger partial charge in [-0.15, -0.1) is 0 Å². The van der Waals surface area contributed by atoms with Crippen molar-refractivity contribution >= 4 is 5.97 Å². The third kappa shape index (κ3) is 4.12. The third-order valence-electron chi connectivity index (χ3n) is 4.73. The summed E-state index contributed by atoms with van der Waals surface area (Å²) in [5.41, 5.74) is 7.20. The summed E-state index contributed by atoms with van der Waals surface area (Å²) in [6.45, 7) is 13.5. The van der Waals surface area contributed by atoms with Gasteiger partial charge in [0, 0.05) is 0 Å². The fourth-order valence-electron chi connectivity index (χ4n) is 3.18. The number of hydrogen-bond donors (Lipinski definition) is 0. The van der Waals surface area contributed by atoms with E-state index in [4.69, 9.17) is 4.74 Å². The van der Waals surface area contributed by atoms with E-state index in [9.17, 15) is 4.79 Å². The second-order valence-corrected chi connectivity index (χ2v) is 7.61. The molecule has 0 saturated heterocycles. The zero-order valence-electron chi connectivity index (χ0n) is 16.5. The van der Waals surface area contributed by atoms with Crippen LogP contribution < -0.4 is 0 Å². The molecule has 0 radical (unpaired) electrons. The standard InChI is InChI=1S/C23H30O2/c1-14(2)19-12-20(15(3)4)22(21(13-19)16(5)6)17-8-10-18(11-9-17)23(24)25-7/h8-16H,1-7H3. The molecule has 0 aliphatic rings. The quantitative estimate of drug-likeness (QED) is 0.581. The highest BCUT2D eigenvalue weighted by molar-refractivity contribution is 5.90. The minimum atomic E-state index is -0.296. The van der Waals surface area contributed by atoms with Crippen LogP contribution in [0.1, 0.15) is 86.3 Å². The molecule has 0 aliphatic carbocycles. The molecular formula is C23H30O2. The predicted molar refractivity (Wildman–Crippen MR) is 105 cm³/mol. The molecule has 134 valence electrons. The van der Waals surface area contributed by atoms with Gasteiger partial charge < -0.3 is 4.74 Å². The van der Waals surface area contributed by atoms with Gasteiger partial charge in [0.15, 0.2) is 0 Å². The van der Waals surface area contributed by atoms with Gasteiger partial charge in [-0.3, -0.25) is 0 Å². The fraction of sp³-hybridized carbons (Fsp3) is 0.435. The van der Waals surface area contributed by atoms with Crippen LogP contribution in [-0.2, 0) is 4.74 Å². The van der Waals surface area contributed by atoms with Gasteiger partial charge in [0.2, 0.25) is 0 Å². The monoisotopic (exact) mass is 338 g/mol. The first-order chi connectivity index (χ1) is 11.8. The third-order valence-corrected chi connectivity index (χ3v) is 4.73. The van der Waals surface area contributed by atoms with Crippen LogP contribution in [0.25, 0.3) is 11.1 Å². The van der Waals surface area contributed by atoms with E-state index in [0.717, 1.165) is 5.56 Å². The summed E-state index contributed by atoms with van der Waals surface area (Å²) in [5, 5.41) is 0. The van der Waals surface area contributed by atoms with Crippen molar-refractivity contribution in [3.8, 4) is 11.1 Å². The molecule has 0 aliphatic heterocycles. The van der Waals surface area contributed by atoms with E-state index in [-0.39, 0.29) is 5.97 Å². The van der Waals surface area contributed by atoms with Crippen LogP contribution >= 0.6 is 0 Å². The number of hydrogen-bond acceptors (Lipinski definition) is 2. The Balaban J connectivity index is 2.67. The highest BCUT2D eigenvalue weighted by Crippen LogP contribution is 2.38. The molecule has 0 aromatic heterocycles. The van der Waals surface area contributed by atoms with Gasteiger partial charge in [-0.2, -0.15) is 0 Å². The lowest BCUT2D eigenvalue weighted by Crippen LogP contribution is -2.04. The van der Waals surface area contributed by atoms with Gasteiger partial charge in [0.1, 0.15) is 0 Å². The summed E-state index contributed by atoms with van der Waals surface area (Å²) >= 11 is 0. The van der Waals surface area contributed by atoms with Crippen molar-refractivity contribution in [3.05, 3.63) is 58.7 Å². The second kappa shape index (κ2) is 7.86. The Bertz CT molecular complexity index is 708. The van der Waals surface area contributed by atoms with Gasteiger partial charge in [0.25, 0.3) is 0 Å². The zero-order valence-corrected chi connectivity index (χ0v) is 16.5. The number of esters is 1. The molecule has 2 aromatic carbocycles. The number of rotatable bonds is 5. The summed E-state index contributed by atoms with van der Waals surface area (Å²) in [7, 11) is 1.41. The van der Waals surface area contributed by atoms with Crippen LogP contribution in [0, 0.1) is 0 Å². The molecule has 0 heterocycles. The van der Waals surface area contributed by atoms with Crippen molar-refractivity contribution in [1.82, 2.24) is 0 Å². The highest BCUT2D eigenvalue weighted by atomic mass is 16.5. The van der Waals surface area contributed by atoms with Gasteiger partial charge >= 0.3 is 5.97 Å². The summed E-state index contributed by atoms with van der Waals surface area (Å²) in [4.78, 5) is 11.7. The SMILES string of the molecule is COC(=O)c1ccc(-c2c(C(C)C)cc(C(C)C)cc2C(C)C)cc1. The molecular weight excluding hydrogens is 308 g/mol. The van der Waals surface area contributed by atoms with E-state index in [0.29, 0.717) is 23.3 Å².